The van der Waals surface area contributed by atoms with Crippen LogP contribution >= 0.6 is 0 Å². The quantitative estimate of drug-likeness (QED) is 0.608. The number of ether oxygens (including phenoxy) is 1. The highest BCUT2D eigenvalue weighted by atomic mass is 16.5. The van der Waals surface area contributed by atoms with E-state index in [9.17, 15) is 9.59 Å². The zero-order chi connectivity index (χ0) is 23.0. The molecule has 0 saturated carbocycles. The molecule has 5 nitrogen and oxygen atoms in total. The Morgan fingerprint density at radius 3 is 2.13 bits per heavy atom. The lowest BCUT2D eigenvalue weighted by molar-refractivity contribution is -0.143. The molecule has 0 aromatic heterocycles. The van der Waals surface area contributed by atoms with Crippen LogP contribution in [0.3, 0.4) is 0 Å². The lowest BCUT2D eigenvalue weighted by Crippen LogP contribution is -2.50. The molecule has 31 heavy (non-hydrogen) atoms. The molecule has 0 heterocycles. The van der Waals surface area contributed by atoms with Gasteiger partial charge in [0, 0.05) is 13.1 Å². The van der Waals surface area contributed by atoms with Gasteiger partial charge in [0.2, 0.25) is 5.91 Å². The molecule has 0 saturated heterocycles. The van der Waals surface area contributed by atoms with E-state index in [1.165, 1.54) is 0 Å². The first-order valence-corrected chi connectivity index (χ1v) is 11.0. The highest BCUT2D eigenvalue weighted by Crippen LogP contribution is 2.18. The molecule has 2 aromatic rings. The molecule has 0 aliphatic heterocycles. The molecule has 168 valence electrons. The highest BCUT2D eigenvalue weighted by Gasteiger charge is 2.29. The molecule has 2 amide bonds. The number of benzene rings is 2. The third kappa shape index (κ3) is 7.74. The second-order valence-corrected chi connectivity index (χ2v) is 8.68. The molecule has 2 rings (SSSR count). The number of carbonyl (C=O) groups is 2. The number of nitrogens with zero attached hydrogens (tertiary/aromatic N) is 1. The zero-order valence-corrected chi connectivity index (χ0v) is 19.7. The third-order valence-electron chi connectivity index (χ3n) is 5.10. The van der Waals surface area contributed by atoms with Gasteiger partial charge in [0.25, 0.3) is 5.91 Å². The predicted octanol–water partition coefficient (Wildman–Crippen LogP) is 4.57. The summed E-state index contributed by atoms with van der Waals surface area (Å²) in [6.07, 6.45) is 0.533. The average Bonchev–Trinajstić information content (AvgIpc) is 2.71. The smallest absolute Gasteiger partial charge is 0.261 e. The zero-order valence-electron chi connectivity index (χ0n) is 19.7. The SMILES string of the molecule is CC[C@H](C(=O)NCC(C)C)N(Cc1ccc(C)cc1)C(=O)COc1cc(C)cc(C)c1. The monoisotopic (exact) mass is 424 g/mol. The molecule has 5 heteroatoms. The summed E-state index contributed by atoms with van der Waals surface area (Å²) >= 11 is 0. The molecule has 1 N–H and O–H groups in total. The van der Waals surface area contributed by atoms with E-state index in [2.05, 4.69) is 11.4 Å². The maximum Gasteiger partial charge on any atom is 0.261 e. The Hall–Kier alpha value is -2.82. The summed E-state index contributed by atoms with van der Waals surface area (Å²) in [4.78, 5) is 27.8. The van der Waals surface area contributed by atoms with Crippen LogP contribution in [-0.4, -0.2) is 35.9 Å². The van der Waals surface area contributed by atoms with Crippen molar-refractivity contribution < 1.29 is 14.3 Å². The number of carbonyl (C=O) groups excluding carboxylic acids is 2. The van der Waals surface area contributed by atoms with Crippen molar-refractivity contribution in [1.29, 1.82) is 0 Å². The first-order valence-electron chi connectivity index (χ1n) is 11.0. The number of amides is 2. The Balaban J connectivity index is 2.20. The molecule has 0 aliphatic carbocycles. The van der Waals surface area contributed by atoms with Gasteiger partial charge in [0.1, 0.15) is 11.8 Å². The normalized spacial score (nSPS) is 11.8. The van der Waals surface area contributed by atoms with Crippen molar-refractivity contribution in [2.45, 2.75) is 60.5 Å². The van der Waals surface area contributed by atoms with Gasteiger partial charge in [-0.25, -0.2) is 0 Å². The van der Waals surface area contributed by atoms with E-state index in [0.29, 0.717) is 31.2 Å². The standard InChI is InChI=1S/C26H36N2O3/c1-7-24(26(30)27-15-18(2)3)28(16-22-10-8-19(4)9-11-22)25(29)17-31-23-13-20(5)12-21(6)14-23/h8-14,18,24H,7,15-17H2,1-6H3,(H,27,30)/t24-/m1/s1. The average molecular weight is 425 g/mol. The fraction of sp³-hybridized carbons (Fsp3) is 0.462. The van der Waals surface area contributed by atoms with Crippen LogP contribution < -0.4 is 10.1 Å². The van der Waals surface area contributed by atoms with E-state index in [0.717, 1.165) is 22.3 Å². The van der Waals surface area contributed by atoms with Gasteiger partial charge < -0.3 is 15.0 Å². The molecule has 2 aromatic carbocycles. The molecule has 0 fully saturated rings. The fourth-order valence-corrected chi connectivity index (χ4v) is 3.48. The van der Waals surface area contributed by atoms with E-state index >= 15 is 0 Å². The first-order chi connectivity index (χ1) is 14.7. The Labute approximate surface area is 186 Å². The van der Waals surface area contributed by atoms with Gasteiger partial charge in [-0.1, -0.05) is 56.7 Å². The maximum absolute atomic E-state index is 13.2. The van der Waals surface area contributed by atoms with Crippen LogP contribution in [0, 0.1) is 26.7 Å². The molecule has 0 unspecified atom stereocenters. The number of nitrogens with one attached hydrogen (secondary N) is 1. The lowest BCUT2D eigenvalue weighted by Gasteiger charge is -2.31. The molecule has 0 bridgehead atoms. The Morgan fingerprint density at radius 1 is 0.968 bits per heavy atom. The molecule has 0 radical (unpaired) electrons. The van der Waals surface area contributed by atoms with E-state index in [4.69, 9.17) is 4.74 Å². The van der Waals surface area contributed by atoms with Crippen molar-refractivity contribution in [3.05, 3.63) is 64.7 Å². The van der Waals surface area contributed by atoms with Crippen LogP contribution in [0.2, 0.25) is 0 Å². The molecule has 0 aliphatic rings. The van der Waals surface area contributed by atoms with Crippen LogP contribution in [0.4, 0.5) is 0 Å². The van der Waals surface area contributed by atoms with Crippen LogP contribution in [-0.2, 0) is 16.1 Å². The lowest BCUT2D eigenvalue weighted by atomic mass is 10.1. The minimum absolute atomic E-state index is 0.108. The number of aryl methyl sites for hydroxylation is 3. The predicted molar refractivity (Wildman–Crippen MR) is 125 cm³/mol. The van der Waals surface area contributed by atoms with Crippen molar-refractivity contribution in [2.24, 2.45) is 5.92 Å². The van der Waals surface area contributed by atoms with Gasteiger partial charge in [0.15, 0.2) is 6.61 Å². The van der Waals surface area contributed by atoms with Crippen molar-refractivity contribution in [2.75, 3.05) is 13.2 Å². The van der Waals surface area contributed by atoms with Crippen LogP contribution in [0.25, 0.3) is 0 Å². The Kier molecular flexibility index (Phi) is 9.10. The largest absolute Gasteiger partial charge is 0.484 e. The van der Waals surface area contributed by atoms with Gasteiger partial charge in [-0.3, -0.25) is 9.59 Å². The van der Waals surface area contributed by atoms with E-state index < -0.39 is 6.04 Å². The van der Waals surface area contributed by atoms with Crippen molar-refractivity contribution in [3.8, 4) is 5.75 Å². The van der Waals surface area contributed by atoms with Crippen LogP contribution in [0.15, 0.2) is 42.5 Å². The fourth-order valence-electron chi connectivity index (χ4n) is 3.48. The topological polar surface area (TPSA) is 58.6 Å². The number of rotatable bonds is 10. The molecule has 1 atom stereocenters. The second kappa shape index (κ2) is 11.5. The number of hydrogen-bond acceptors (Lipinski definition) is 3. The van der Waals surface area contributed by atoms with Gasteiger partial charge >= 0.3 is 0 Å². The molecular formula is C26H36N2O3. The van der Waals surface area contributed by atoms with Gasteiger partial charge in [-0.05, 0) is 61.9 Å². The Bertz CT molecular complexity index is 854. The highest BCUT2D eigenvalue weighted by molar-refractivity contribution is 5.88. The first kappa shape index (κ1) is 24.4. The van der Waals surface area contributed by atoms with Crippen molar-refractivity contribution in [1.82, 2.24) is 10.2 Å². The van der Waals surface area contributed by atoms with Gasteiger partial charge in [-0.15, -0.1) is 0 Å². The van der Waals surface area contributed by atoms with Gasteiger partial charge in [0.05, 0.1) is 0 Å². The molecular weight excluding hydrogens is 388 g/mol. The summed E-state index contributed by atoms with van der Waals surface area (Å²) in [5.74, 6) is 0.684. The van der Waals surface area contributed by atoms with E-state index in [1.807, 2.05) is 77.9 Å². The summed E-state index contributed by atoms with van der Waals surface area (Å²) in [5, 5.41) is 2.98. The van der Waals surface area contributed by atoms with Crippen LogP contribution in [0.1, 0.15) is 49.4 Å². The van der Waals surface area contributed by atoms with E-state index in [1.54, 1.807) is 4.90 Å². The van der Waals surface area contributed by atoms with E-state index in [-0.39, 0.29) is 18.4 Å². The van der Waals surface area contributed by atoms with Crippen molar-refractivity contribution >= 4 is 11.8 Å². The summed E-state index contributed by atoms with van der Waals surface area (Å²) < 4.78 is 5.82. The summed E-state index contributed by atoms with van der Waals surface area (Å²) in [7, 11) is 0. The number of hydrogen-bond donors (Lipinski definition) is 1. The second-order valence-electron chi connectivity index (χ2n) is 8.68. The molecule has 0 spiro atoms. The van der Waals surface area contributed by atoms with Crippen LogP contribution in [0.5, 0.6) is 5.75 Å². The third-order valence-corrected chi connectivity index (χ3v) is 5.10. The minimum atomic E-state index is -0.546. The maximum atomic E-state index is 13.2. The van der Waals surface area contributed by atoms with Crippen molar-refractivity contribution in [3.63, 3.8) is 0 Å². The summed E-state index contributed by atoms with van der Waals surface area (Å²) in [6, 6.07) is 13.4. The summed E-state index contributed by atoms with van der Waals surface area (Å²) in [5.41, 5.74) is 4.30. The Morgan fingerprint density at radius 2 is 1.58 bits per heavy atom. The minimum Gasteiger partial charge on any atom is -0.484 e. The summed E-state index contributed by atoms with van der Waals surface area (Å²) in [6.45, 7) is 12.9. The van der Waals surface area contributed by atoms with Gasteiger partial charge in [-0.2, -0.15) is 0 Å².